The van der Waals surface area contributed by atoms with Gasteiger partial charge in [0.15, 0.2) is 5.82 Å². The first-order chi connectivity index (χ1) is 17.4. The van der Waals surface area contributed by atoms with E-state index in [9.17, 15) is 9.59 Å². The van der Waals surface area contributed by atoms with Crippen molar-refractivity contribution in [3.05, 3.63) is 59.2 Å². The molecular formula is C25H28ClN7O2S. The van der Waals surface area contributed by atoms with Crippen LogP contribution in [0.2, 0.25) is 5.02 Å². The van der Waals surface area contributed by atoms with Gasteiger partial charge in [-0.25, -0.2) is 15.0 Å². The van der Waals surface area contributed by atoms with E-state index >= 15 is 0 Å². The van der Waals surface area contributed by atoms with Crippen molar-refractivity contribution in [1.29, 1.82) is 0 Å². The van der Waals surface area contributed by atoms with Crippen molar-refractivity contribution in [3.8, 4) is 11.4 Å². The molecule has 2 aromatic heterocycles. The molecule has 36 heavy (non-hydrogen) atoms. The summed E-state index contributed by atoms with van der Waals surface area (Å²) in [5, 5.41) is 7.42. The van der Waals surface area contributed by atoms with E-state index in [0.29, 0.717) is 61.5 Å². The number of carbonyl (C=O) groups excluding carboxylic acids is 2. The van der Waals surface area contributed by atoms with Crippen LogP contribution in [0.5, 0.6) is 0 Å². The summed E-state index contributed by atoms with van der Waals surface area (Å²) < 4.78 is 0. The zero-order valence-electron chi connectivity index (χ0n) is 20.2. The van der Waals surface area contributed by atoms with Gasteiger partial charge in [0, 0.05) is 69.0 Å². The Balaban J connectivity index is 1.50. The molecule has 0 radical (unpaired) electrons. The van der Waals surface area contributed by atoms with Crippen molar-refractivity contribution >= 4 is 46.8 Å². The minimum atomic E-state index is -0.0783. The largest absolute Gasteiger partial charge is 0.368 e. The Morgan fingerprint density at radius 1 is 1.06 bits per heavy atom. The van der Waals surface area contributed by atoms with Crippen molar-refractivity contribution in [2.24, 2.45) is 0 Å². The summed E-state index contributed by atoms with van der Waals surface area (Å²) in [6.45, 7) is 4.94. The van der Waals surface area contributed by atoms with Crippen molar-refractivity contribution < 1.29 is 9.59 Å². The van der Waals surface area contributed by atoms with E-state index in [1.807, 2.05) is 47.6 Å². The van der Waals surface area contributed by atoms with E-state index in [0.717, 1.165) is 16.4 Å². The Hall–Kier alpha value is -3.37. The molecule has 1 aliphatic heterocycles. The summed E-state index contributed by atoms with van der Waals surface area (Å²) in [6, 6.07) is 12.9. The van der Waals surface area contributed by atoms with E-state index < -0.39 is 0 Å². The van der Waals surface area contributed by atoms with E-state index in [2.05, 4.69) is 25.5 Å². The highest BCUT2D eigenvalue weighted by atomic mass is 35.5. The Morgan fingerprint density at radius 3 is 2.50 bits per heavy atom. The monoisotopic (exact) mass is 525 g/mol. The predicted molar refractivity (Wildman–Crippen MR) is 144 cm³/mol. The van der Waals surface area contributed by atoms with Gasteiger partial charge in [0.25, 0.3) is 5.91 Å². The molecule has 0 saturated carbocycles. The fourth-order valence-electron chi connectivity index (χ4n) is 3.87. The Bertz CT molecular complexity index is 1220. The third-order valence-corrected chi connectivity index (χ3v) is 6.67. The minimum Gasteiger partial charge on any atom is -0.368 e. The van der Waals surface area contributed by atoms with E-state index in [1.165, 1.54) is 18.7 Å². The molecule has 9 nitrogen and oxygen atoms in total. The molecule has 1 aromatic carbocycles. The second kappa shape index (κ2) is 12.0. The summed E-state index contributed by atoms with van der Waals surface area (Å²) >= 11 is 7.53. The molecule has 1 fully saturated rings. The molecule has 188 valence electrons. The zero-order chi connectivity index (χ0) is 25.5. The number of aromatic nitrogens is 3. The SMILES string of the molecule is CSc1ncccc1C(=O)N1CCN(c2cc(NCCNC(C)=O)nc(-c3ccc(Cl)cc3)n2)CC1. The first-order valence-electron chi connectivity index (χ1n) is 11.6. The van der Waals surface area contributed by atoms with E-state index in [4.69, 9.17) is 16.6 Å². The molecule has 0 atom stereocenters. The number of amides is 2. The Kier molecular flexibility index (Phi) is 8.61. The van der Waals surface area contributed by atoms with Gasteiger partial charge in [0.1, 0.15) is 16.7 Å². The van der Waals surface area contributed by atoms with Gasteiger partial charge < -0.3 is 20.4 Å². The van der Waals surface area contributed by atoms with Crippen LogP contribution < -0.4 is 15.5 Å². The second-order valence-corrected chi connectivity index (χ2v) is 9.42. The number of anilines is 2. The predicted octanol–water partition coefficient (Wildman–Crippen LogP) is 3.42. The summed E-state index contributed by atoms with van der Waals surface area (Å²) in [7, 11) is 0. The maximum atomic E-state index is 13.1. The molecule has 11 heteroatoms. The van der Waals surface area contributed by atoms with Crippen LogP contribution in [0.1, 0.15) is 17.3 Å². The molecule has 4 rings (SSSR count). The lowest BCUT2D eigenvalue weighted by molar-refractivity contribution is -0.118. The first kappa shape index (κ1) is 25.7. The molecule has 0 bridgehead atoms. The third kappa shape index (κ3) is 6.44. The Morgan fingerprint density at radius 2 is 1.81 bits per heavy atom. The van der Waals surface area contributed by atoms with Crippen molar-refractivity contribution in [3.63, 3.8) is 0 Å². The van der Waals surface area contributed by atoms with Gasteiger partial charge in [-0.05, 0) is 42.7 Å². The second-order valence-electron chi connectivity index (χ2n) is 8.19. The van der Waals surface area contributed by atoms with Crippen LogP contribution in [0.25, 0.3) is 11.4 Å². The minimum absolute atomic E-state index is 0.00281. The number of carbonyl (C=O) groups is 2. The average molecular weight is 526 g/mol. The Labute approximate surface area is 219 Å². The highest BCUT2D eigenvalue weighted by Gasteiger charge is 2.25. The number of hydrogen-bond acceptors (Lipinski definition) is 8. The van der Waals surface area contributed by atoms with Crippen LogP contribution in [-0.2, 0) is 4.79 Å². The first-order valence-corrected chi connectivity index (χ1v) is 13.2. The van der Waals surface area contributed by atoms with Crippen LogP contribution in [0, 0.1) is 0 Å². The lowest BCUT2D eigenvalue weighted by Gasteiger charge is -2.35. The lowest BCUT2D eigenvalue weighted by Crippen LogP contribution is -2.49. The van der Waals surface area contributed by atoms with Gasteiger partial charge in [-0.15, -0.1) is 11.8 Å². The number of nitrogens with one attached hydrogen (secondary N) is 2. The molecule has 3 heterocycles. The zero-order valence-corrected chi connectivity index (χ0v) is 21.8. The van der Waals surface area contributed by atoms with Crippen molar-refractivity contribution in [2.45, 2.75) is 11.9 Å². The molecule has 1 aliphatic rings. The number of thioether (sulfide) groups is 1. The molecule has 0 spiro atoms. The van der Waals surface area contributed by atoms with Gasteiger partial charge >= 0.3 is 0 Å². The topological polar surface area (TPSA) is 103 Å². The van der Waals surface area contributed by atoms with Gasteiger partial charge in [0.05, 0.1) is 5.56 Å². The highest BCUT2D eigenvalue weighted by molar-refractivity contribution is 7.98. The number of nitrogens with zero attached hydrogens (tertiary/aromatic N) is 5. The molecular weight excluding hydrogens is 498 g/mol. The lowest BCUT2D eigenvalue weighted by atomic mass is 10.2. The number of piperazine rings is 1. The van der Waals surface area contributed by atoms with Crippen LogP contribution >= 0.6 is 23.4 Å². The molecule has 3 aromatic rings. The number of pyridine rings is 1. The van der Waals surface area contributed by atoms with E-state index in [1.54, 1.807) is 12.3 Å². The maximum Gasteiger partial charge on any atom is 0.256 e. The van der Waals surface area contributed by atoms with Gasteiger partial charge in [-0.2, -0.15) is 0 Å². The average Bonchev–Trinajstić information content (AvgIpc) is 2.91. The normalized spacial score (nSPS) is 13.4. The quantitative estimate of drug-likeness (QED) is 0.340. The van der Waals surface area contributed by atoms with E-state index in [-0.39, 0.29) is 11.8 Å². The standard InChI is InChI=1S/C25H28ClN7O2S/c1-17(34)27-10-11-28-21-16-22(31-23(30-21)18-5-7-19(26)8-6-18)32-12-14-33(15-13-32)25(35)20-4-3-9-29-24(20)36-2/h3-9,16H,10-15H2,1-2H3,(H,27,34)(H,28,30,31). The van der Waals surface area contributed by atoms with Crippen molar-refractivity contribution in [2.75, 3.05) is 55.7 Å². The molecule has 0 aliphatic carbocycles. The van der Waals surface area contributed by atoms with Crippen molar-refractivity contribution in [1.82, 2.24) is 25.2 Å². The maximum absolute atomic E-state index is 13.1. The number of hydrogen-bond donors (Lipinski definition) is 2. The molecule has 2 N–H and O–H groups in total. The van der Waals surface area contributed by atoms with Gasteiger partial charge in [-0.3, -0.25) is 9.59 Å². The fourth-order valence-corrected chi connectivity index (χ4v) is 4.54. The van der Waals surface area contributed by atoms with Crippen LogP contribution in [0.4, 0.5) is 11.6 Å². The highest BCUT2D eigenvalue weighted by Crippen LogP contribution is 2.25. The number of rotatable bonds is 8. The molecule has 2 amide bonds. The summed E-state index contributed by atoms with van der Waals surface area (Å²) in [5.41, 5.74) is 1.48. The van der Waals surface area contributed by atoms with Gasteiger partial charge in [0.2, 0.25) is 5.91 Å². The third-order valence-electron chi connectivity index (χ3n) is 5.71. The molecule has 0 unspecified atom stereocenters. The van der Waals surface area contributed by atoms with Crippen LogP contribution in [0.3, 0.4) is 0 Å². The number of benzene rings is 1. The summed E-state index contributed by atoms with van der Waals surface area (Å²) in [6.07, 6.45) is 3.63. The van der Waals surface area contributed by atoms with Crippen LogP contribution in [0.15, 0.2) is 53.7 Å². The molecule has 1 saturated heterocycles. The fraction of sp³-hybridized carbons (Fsp3) is 0.320. The smallest absolute Gasteiger partial charge is 0.256 e. The van der Waals surface area contributed by atoms with Gasteiger partial charge in [-0.1, -0.05) is 11.6 Å². The number of halogens is 1. The summed E-state index contributed by atoms with van der Waals surface area (Å²) in [5.74, 6) is 1.93. The van der Waals surface area contributed by atoms with Crippen LogP contribution in [-0.4, -0.2) is 77.2 Å². The summed E-state index contributed by atoms with van der Waals surface area (Å²) in [4.78, 5) is 42.1.